The van der Waals surface area contributed by atoms with Gasteiger partial charge in [0, 0.05) is 11.3 Å². The van der Waals surface area contributed by atoms with Gasteiger partial charge in [-0.1, -0.05) is 24.3 Å². The number of aromatic nitrogens is 4. The molecule has 3 rings (SSSR count). The lowest BCUT2D eigenvalue weighted by molar-refractivity contribution is 0.622. The summed E-state index contributed by atoms with van der Waals surface area (Å²) in [4.78, 5) is 0. The van der Waals surface area contributed by atoms with E-state index in [4.69, 9.17) is 5.73 Å². The van der Waals surface area contributed by atoms with Crippen LogP contribution in [-0.4, -0.2) is 20.2 Å². The highest BCUT2D eigenvalue weighted by Gasteiger charge is 2.10. The van der Waals surface area contributed by atoms with Gasteiger partial charge in [0.05, 0.1) is 6.54 Å². The molecule has 2 N–H and O–H groups in total. The fourth-order valence-electron chi connectivity index (χ4n) is 2.06. The summed E-state index contributed by atoms with van der Waals surface area (Å²) in [5.74, 6) is 0.369. The smallest absolute Gasteiger partial charge is 0.182 e. The molecule has 2 aromatic carbocycles. The Bertz CT molecular complexity index is 764. The molecule has 6 heteroatoms. The maximum absolute atomic E-state index is 12.9. The first-order chi connectivity index (χ1) is 10.1. The second-order valence-corrected chi connectivity index (χ2v) is 4.86. The first kappa shape index (κ1) is 13.2. The molecule has 1 aromatic heterocycles. The highest BCUT2D eigenvalue weighted by atomic mass is 19.1. The van der Waals surface area contributed by atoms with Crippen molar-refractivity contribution < 1.29 is 4.39 Å². The summed E-state index contributed by atoms with van der Waals surface area (Å²) in [5, 5.41) is 11.7. The van der Waals surface area contributed by atoms with Gasteiger partial charge in [0.15, 0.2) is 5.82 Å². The number of rotatable bonds is 3. The number of nitrogens with two attached hydrogens (primary N) is 1. The number of hydrogen-bond acceptors (Lipinski definition) is 4. The normalized spacial score (nSPS) is 10.8. The van der Waals surface area contributed by atoms with Crippen LogP contribution in [0, 0.1) is 12.7 Å². The lowest BCUT2D eigenvalue weighted by Gasteiger charge is -2.07. The van der Waals surface area contributed by atoms with Gasteiger partial charge in [0.2, 0.25) is 0 Å². The van der Waals surface area contributed by atoms with Crippen LogP contribution in [0.25, 0.3) is 11.4 Å². The van der Waals surface area contributed by atoms with Crippen LogP contribution in [0.2, 0.25) is 0 Å². The maximum Gasteiger partial charge on any atom is 0.182 e. The molecule has 1 heterocycles. The summed E-state index contributed by atoms with van der Waals surface area (Å²) in [7, 11) is 0. The van der Waals surface area contributed by atoms with E-state index in [0.29, 0.717) is 18.1 Å². The predicted molar refractivity (Wildman–Crippen MR) is 77.9 cm³/mol. The van der Waals surface area contributed by atoms with E-state index < -0.39 is 0 Å². The molecule has 0 fully saturated rings. The number of nitrogens with zero attached hydrogens (tertiary/aromatic N) is 4. The number of halogens is 1. The lowest BCUT2D eigenvalue weighted by atomic mass is 10.1. The van der Waals surface area contributed by atoms with E-state index in [0.717, 1.165) is 16.7 Å². The van der Waals surface area contributed by atoms with Crippen molar-refractivity contribution in [1.29, 1.82) is 0 Å². The zero-order valence-corrected chi connectivity index (χ0v) is 11.5. The van der Waals surface area contributed by atoms with E-state index in [1.807, 2.05) is 25.1 Å². The van der Waals surface area contributed by atoms with Gasteiger partial charge in [0.1, 0.15) is 5.82 Å². The second kappa shape index (κ2) is 5.32. The first-order valence-electron chi connectivity index (χ1n) is 6.50. The Kier molecular flexibility index (Phi) is 3.35. The summed E-state index contributed by atoms with van der Waals surface area (Å²) in [6, 6.07) is 12.0. The minimum Gasteiger partial charge on any atom is -0.398 e. The highest BCUT2D eigenvalue weighted by Crippen LogP contribution is 2.21. The van der Waals surface area contributed by atoms with Crippen molar-refractivity contribution in [2.24, 2.45) is 0 Å². The molecule has 0 spiro atoms. The van der Waals surface area contributed by atoms with Crippen LogP contribution in [-0.2, 0) is 6.54 Å². The van der Waals surface area contributed by atoms with Crippen molar-refractivity contribution >= 4 is 5.69 Å². The van der Waals surface area contributed by atoms with Crippen molar-refractivity contribution in [3.63, 3.8) is 0 Å². The molecule has 5 nitrogen and oxygen atoms in total. The number of anilines is 1. The van der Waals surface area contributed by atoms with Crippen LogP contribution in [0.4, 0.5) is 10.1 Å². The number of tetrazole rings is 1. The van der Waals surface area contributed by atoms with E-state index in [1.165, 1.54) is 12.1 Å². The Balaban J connectivity index is 1.93. The topological polar surface area (TPSA) is 69.6 Å². The van der Waals surface area contributed by atoms with Gasteiger partial charge in [-0.05, 0) is 46.7 Å². The standard InChI is InChI=1S/C15H14FN5/c1-10-2-5-12(8-14(10)17)15-18-19-20-21(15)9-11-3-6-13(16)7-4-11/h2-8H,9,17H2,1H3. The van der Waals surface area contributed by atoms with Crippen LogP contribution in [0.1, 0.15) is 11.1 Å². The van der Waals surface area contributed by atoms with Crippen molar-refractivity contribution in [3.05, 3.63) is 59.4 Å². The van der Waals surface area contributed by atoms with Crippen molar-refractivity contribution in [2.45, 2.75) is 13.5 Å². The Morgan fingerprint density at radius 1 is 1.14 bits per heavy atom. The van der Waals surface area contributed by atoms with Gasteiger partial charge in [0.25, 0.3) is 0 Å². The molecule has 0 atom stereocenters. The molecule has 0 radical (unpaired) electrons. The Morgan fingerprint density at radius 2 is 1.90 bits per heavy atom. The summed E-state index contributed by atoms with van der Waals surface area (Å²) < 4.78 is 14.6. The van der Waals surface area contributed by atoms with Crippen molar-refractivity contribution in [2.75, 3.05) is 5.73 Å². The van der Waals surface area contributed by atoms with Gasteiger partial charge >= 0.3 is 0 Å². The summed E-state index contributed by atoms with van der Waals surface area (Å²) in [6.07, 6.45) is 0. The van der Waals surface area contributed by atoms with Gasteiger partial charge in [-0.25, -0.2) is 9.07 Å². The quantitative estimate of drug-likeness (QED) is 0.749. The van der Waals surface area contributed by atoms with E-state index in [-0.39, 0.29) is 5.82 Å². The molecular weight excluding hydrogens is 269 g/mol. The van der Waals surface area contributed by atoms with E-state index in [1.54, 1.807) is 16.8 Å². The number of hydrogen-bond donors (Lipinski definition) is 1. The Morgan fingerprint density at radius 3 is 2.62 bits per heavy atom. The molecule has 0 unspecified atom stereocenters. The summed E-state index contributed by atoms with van der Waals surface area (Å²) in [6.45, 7) is 2.41. The molecule has 0 aliphatic heterocycles. The molecule has 21 heavy (non-hydrogen) atoms. The molecule has 0 bridgehead atoms. The monoisotopic (exact) mass is 283 g/mol. The summed E-state index contributed by atoms with van der Waals surface area (Å²) >= 11 is 0. The van der Waals surface area contributed by atoms with Crippen LogP contribution in [0.15, 0.2) is 42.5 Å². The minimum absolute atomic E-state index is 0.262. The van der Waals surface area contributed by atoms with E-state index in [9.17, 15) is 4.39 Å². The first-order valence-corrected chi connectivity index (χ1v) is 6.50. The van der Waals surface area contributed by atoms with E-state index in [2.05, 4.69) is 15.5 Å². The van der Waals surface area contributed by atoms with Crippen LogP contribution in [0.3, 0.4) is 0 Å². The predicted octanol–water partition coefficient (Wildman–Crippen LogP) is 2.42. The molecule has 0 amide bonds. The van der Waals surface area contributed by atoms with Gasteiger partial charge in [-0.15, -0.1) is 5.10 Å². The van der Waals surface area contributed by atoms with Crippen molar-refractivity contribution in [3.8, 4) is 11.4 Å². The molecule has 106 valence electrons. The Labute approximate surface area is 121 Å². The number of aryl methyl sites for hydroxylation is 1. The Hall–Kier alpha value is -2.76. The number of nitrogen functional groups attached to an aromatic ring is 1. The third kappa shape index (κ3) is 2.74. The molecule has 0 aliphatic carbocycles. The number of benzene rings is 2. The SMILES string of the molecule is Cc1ccc(-c2nnnn2Cc2ccc(F)cc2)cc1N. The highest BCUT2D eigenvalue weighted by molar-refractivity contribution is 5.63. The van der Waals surface area contributed by atoms with Crippen LogP contribution in [0.5, 0.6) is 0 Å². The third-order valence-electron chi connectivity index (χ3n) is 3.31. The van der Waals surface area contributed by atoms with Crippen LogP contribution < -0.4 is 5.73 Å². The zero-order chi connectivity index (χ0) is 14.8. The molecule has 3 aromatic rings. The second-order valence-electron chi connectivity index (χ2n) is 4.86. The van der Waals surface area contributed by atoms with Gasteiger partial charge in [-0.2, -0.15) is 0 Å². The fourth-order valence-corrected chi connectivity index (χ4v) is 2.06. The lowest BCUT2D eigenvalue weighted by Crippen LogP contribution is -2.05. The van der Waals surface area contributed by atoms with Gasteiger partial charge in [-0.3, -0.25) is 0 Å². The third-order valence-corrected chi connectivity index (χ3v) is 3.31. The largest absolute Gasteiger partial charge is 0.398 e. The average molecular weight is 283 g/mol. The molecule has 0 saturated carbocycles. The zero-order valence-electron chi connectivity index (χ0n) is 11.5. The van der Waals surface area contributed by atoms with E-state index >= 15 is 0 Å². The van der Waals surface area contributed by atoms with Crippen LogP contribution >= 0.6 is 0 Å². The van der Waals surface area contributed by atoms with Crippen molar-refractivity contribution in [1.82, 2.24) is 20.2 Å². The maximum atomic E-state index is 12.9. The fraction of sp³-hybridized carbons (Fsp3) is 0.133. The minimum atomic E-state index is -0.262. The molecule has 0 saturated heterocycles. The van der Waals surface area contributed by atoms with Gasteiger partial charge < -0.3 is 5.73 Å². The molecule has 0 aliphatic rings. The summed E-state index contributed by atoms with van der Waals surface area (Å²) in [5.41, 5.74) is 9.41. The molecular formula is C15H14FN5. The average Bonchev–Trinajstić information content (AvgIpc) is 2.92.